The lowest BCUT2D eigenvalue weighted by atomic mass is 9.96. The van der Waals surface area contributed by atoms with Crippen LogP contribution in [0.3, 0.4) is 0 Å². The summed E-state index contributed by atoms with van der Waals surface area (Å²) in [5.41, 5.74) is 2.47. The van der Waals surface area contributed by atoms with Gasteiger partial charge < -0.3 is 15.2 Å². The second-order valence-electron chi connectivity index (χ2n) is 5.07. The summed E-state index contributed by atoms with van der Waals surface area (Å²) < 4.78 is 5.19. The van der Waals surface area contributed by atoms with E-state index in [1.807, 2.05) is 55.6 Å². The Kier molecular flexibility index (Phi) is 3.94. The summed E-state index contributed by atoms with van der Waals surface area (Å²) in [5.74, 6) is 1.02. The highest BCUT2D eigenvalue weighted by Gasteiger charge is 2.18. The number of pyridine rings is 1. The Morgan fingerprint density at radius 1 is 1.09 bits per heavy atom. The summed E-state index contributed by atoms with van der Waals surface area (Å²) in [6, 6.07) is 15.4. The van der Waals surface area contributed by atoms with Crippen molar-refractivity contribution in [2.24, 2.45) is 0 Å². The number of nitrogens with one attached hydrogen (secondary N) is 1. The van der Waals surface area contributed by atoms with Gasteiger partial charge in [-0.15, -0.1) is 0 Å². The topological polar surface area (TPSA) is 54.4 Å². The highest BCUT2D eigenvalue weighted by Crippen LogP contribution is 2.34. The number of fused-ring (bicyclic) bond motifs is 1. The quantitative estimate of drug-likeness (QED) is 0.775. The van der Waals surface area contributed by atoms with E-state index in [1.54, 1.807) is 13.3 Å². The maximum Gasteiger partial charge on any atom is 0.146 e. The molecule has 0 aliphatic carbocycles. The number of rotatable bonds is 4. The summed E-state index contributed by atoms with van der Waals surface area (Å²) in [5, 5.41) is 14.8. The van der Waals surface area contributed by atoms with Gasteiger partial charge in [-0.05, 0) is 30.8 Å². The largest absolute Gasteiger partial charge is 0.505 e. The molecule has 0 amide bonds. The number of phenolic OH excluding ortho intramolecular Hbond substituents is 1. The molecule has 0 aliphatic heterocycles. The zero-order chi connectivity index (χ0) is 15.5. The van der Waals surface area contributed by atoms with Crippen LogP contribution in [0.15, 0.2) is 54.7 Å². The Balaban J connectivity index is 2.08. The lowest BCUT2D eigenvalue weighted by Crippen LogP contribution is -2.17. The molecule has 1 heterocycles. The van der Waals surface area contributed by atoms with E-state index in [1.165, 1.54) is 0 Å². The van der Waals surface area contributed by atoms with Crippen LogP contribution < -0.4 is 10.1 Å². The molecule has 0 spiro atoms. The van der Waals surface area contributed by atoms with Crippen molar-refractivity contribution in [1.29, 1.82) is 0 Å². The molecule has 0 saturated heterocycles. The van der Waals surface area contributed by atoms with Crippen LogP contribution in [0.25, 0.3) is 10.9 Å². The van der Waals surface area contributed by atoms with E-state index in [9.17, 15) is 5.11 Å². The van der Waals surface area contributed by atoms with Gasteiger partial charge in [0.05, 0.1) is 13.2 Å². The minimum absolute atomic E-state index is 0.114. The van der Waals surface area contributed by atoms with Gasteiger partial charge in [0.15, 0.2) is 0 Å². The first-order valence-electron chi connectivity index (χ1n) is 7.12. The molecular formula is C18H18N2O2. The van der Waals surface area contributed by atoms with E-state index in [4.69, 9.17) is 4.74 Å². The number of methoxy groups -OCH3 is 1. The van der Waals surface area contributed by atoms with Crippen LogP contribution in [0.1, 0.15) is 17.2 Å². The van der Waals surface area contributed by atoms with Crippen molar-refractivity contribution in [2.45, 2.75) is 6.04 Å². The molecule has 0 saturated carbocycles. The van der Waals surface area contributed by atoms with E-state index in [2.05, 4.69) is 10.3 Å². The molecule has 112 valence electrons. The van der Waals surface area contributed by atoms with Crippen LogP contribution in [0.2, 0.25) is 0 Å². The Bertz CT molecular complexity index is 785. The maximum absolute atomic E-state index is 10.6. The summed E-state index contributed by atoms with van der Waals surface area (Å²) in [6.07, 6.45) is 1.69. The number of hydrogen-bond acceptors (Lipinski definition) is 4. The summed E-state index contributed by atoms with van der Waals surface area (Å²) >= 11 is 0. The summed E-state index contributed by atoms with van der Waals surface area (Å²) in [4.78, 5) is 4.28. The molecule has 3 aromatic rings. The number of phenols is 1. The Labute approximate surface area is 129 Å². The lowest BCUT2D eigenvalue weighted by molar-refractivity contribution is 0.414. The van der Waals surface area contributed by atoms with Gasteiger partial charge in [-0.3, -0.25) is 4.98 Å². The van der Waals surface area contributed by atoms with Gasteiger partial charge in [-0.1, -0.05) is 30.3 Å². The van der Waals surface area contributed by atoms with Crippen molar-refractivity contribution in [1.82, 2.24) is 10.3 Å². The highest BCUT2D eigenvalue weighted by molar-refractivity contribution is 5.85. The first-order chi connectivity index (χ1) is 10.7. The molecule has 2 N–H and O–H groups in total. The second kappa shape index (κ2) is 6.03. The third-order valence-electron chi connectivity index (χ3n) is 3.83. The van der Waals surface area contributed by atoms with Crippen LogP contribution >= 0.6 is 0 Å². The number of ether oxygens (including phenoxy) is 1. The smallest absolute Gasteiger partial charge is 0.146 e. The van der Waals surface area contributed by atoms with E-state index >= 15 is 0 Å². The molecule has 4 heteroatoms. The van der Waals surface area contributed by atoms with Crippen LogP contribution in [0.4, 0.5) is 0 Å². The molecule has 1 unspecified atom stereocenters. The van der Waals surface area contributed by atoms with Crippen LogP contribution in [0.5, 0.6) is 11.5 Å². The average Bonchev–Trinajstić information content (AvgIpc) is 2.58. The van der Waals surface area contributed by atoms with E-state index in [-0.39, 0.29) is 11.8 Å². The van der Waals surface area contributed by atoms with Crippen LogP contribution in [-0.4, -0.2) is 24.2 Å². The highest BCUT2D eigenvalue weighted by atomic mass is 16.5. The van der Waals surface area contributed by atoms with Gasteiger partial charge in [0.25, 0.3) is 0 Å². The molecule has 2 aromatic carbocycles. The molecule has 22 heavy (non-hydrogen) atoms. The van der Waals surface area contributed by atoms with Gasteiger partial charge in [-0.25, -0.2) is 0 Å². The number of hydrogen-bond donors (Lipinski definition) is 2. The number of aromatic nitrogens is 1. The predicted octanol–water partition coefficient (Wildman–Crippen LogP) is 3.26. The fourth-order valence-electron chi connectivity index (χ4n) is 2.68. The Morgan fingerprint density at radius 2 is 1.86 bits per heavy atom. The standard InChI is InChI=1S/C18H18N2O2/c1-19-16(13-5-8-14(22-2)9-6-13)15-10-7-12-4-3-11-20-17(12)18(15)21/h3-11,16,19,21H,1-2H3. The van der Waals surface area contributed by atoms with E-state index in [0.29, 0.717) is 5.52 Å². The monoisotopic (exact) mass is 294 g/mol. The Hall–Kier alpha value is -2.59. The van der Waals surface area contributed by atoms with Gasteiger partial charge in [0, 0.05) is 17.1 Å². The average molecular weight is 294 g/mol. The summed E-state index contributed by atoms with van der Waals surface area (Å²) in [6.45, 7) is 0. The number of aromatic hydroxyl groups is 1. The van der Waals surface area contributed by atoms with Crippen molar-refractivity contribution < 1.29 is 9.84 Å². The molecule has 4 nitrogen and oxygen atoms in total. The normalized spacial score (nSPS) is 12.3. The second-order valence-corrected chi connectivity index (χ2v) is 5.07. The van der Waals surface area contributed by atoms with Crippen LogP contribution in [0, 0.1) is 0 Å². The SMILES string of the molecule is CNC(c1ccc(OC)cc1)c1ccc2cccnc2c1O. The third kappa shape index (κ3) is 2.49. The van der Waals surface area contributed by atoms with Crippen LogP contribution in [-0.2, 0) is 0 Å². The first-order valence-corrected chi connectivity index (χ1v) is 7.12. The predicted molar refractivity (Wildman–Crippen MR) is 87.3 cm³/mol. The molecule has 1 aromatic heterocycles. The zero-order valence-electron chi connectivity index (χ0n) is 12.6. The molecule has 0 radical (unpaired) electrons. The molecule has 3 rings (SSSR count). The minimum atomic E-state index is -0.114. The van der Waals surface area contributed by atoms with E-state index < -0.39 is 0 Å². The number of nitrogens with zero attached hydrogens (tertiary/aromatic N) is 1. The van der Waals surface area contributed by atoms with Crippen molar-refractivity contribution in [3.05, 3.63) is 65.9 Å². The van der Waals surface area contributed by atoms with Gasteiger partial charge in [0.2, 0.25) is 0 Å². The fraction of sp³-hybridized carbons (Fsp3) is 0.167. The summed E-state index contributed by atoms with van der Waals surface area (Å²) in [7, 11) is 3.52. The van der Waals surface area contributed by atoms with Crippen molar-refractivity contribution in [2.75, 3.05) is 14.2 Å². The number of benzene rings is 2. The lowest BCUT2D eigenvalue weighted by Gasteiger charge is -2.19. The molecule has 0 aliphatic rings. The third-order valence-corrected chi connectivity index (χ3v) is 3.83. The van der Waals surface area contributed by atoms with Gasteiger partial charge in [0.1, 0.15) is 17.0 Å². The molecule has 0 bridgehead atoms. The molecular weight excluding hydrogens is 276 g/mol. The van der Waals surface area contributed by atoms with Gasteiger partial charge in [-0.2, -0.15) is 0 Å². The van der Waals surface area contributed by atoms with Crippen molar-refractivity contribution in [3.8, 4) is 11.5 Å². The van der Waals surface area contributed by atoms with Crippen molar-refractivity contribution >= 4 is 10.9 Å². The first kappa shape index (κ1) is 14.4. The molecule has 0 fully saturated rings. The zero-order valence-corrected chi connectivity index (χ0v) is 12.6. The minimum Gasteiger partial charge on any atom is -0.505 e. The molecule has 1 atom stereocenters. The maximum atomic E-state index is 10.6. The fourth-order valence-corrected chi connectivity index (χ4v) is 2.68. The Morgan fingerprint density at radius 3 is 2.55 bits per heavy atom. The van der Waals surface area contributed by atoms with Crippen molar-refractivity contribution in [3.63, 3.8) is 0 Å². The van der Waals surface area contributed by atoms with E-state index in [0.717, 1.165) is 22.3 Å². The van der Waals surface area contributed by atoms with Gasteiger partial charge >= 0.3 is 0 Å².